The van der Waals surface area contributed by atoms with Gasteiger partial charge in [-0.2, -0.15) is 9.82 Å². The highest BCUT2D eigenvalue weighted by Crippen LogP contribution is 2.30. The molecule has 1 aliphatic heterocycles. The van der Waals surface area contributed by atoms with Crippen molar-refractivity contribution in [2.75, 3.05) is 18.6 Å². The first-order valence-corrected chi connectivity index (χ1v) is 10.3. The maximum absolute atomic E-state index is 12.8. The predicted octanol–water partition coefficient (Wildman–Crippen LogP) is 1.45. The van der Waals surface area contributed by atoms with Gasteiger partial charge in [0.15, 0.2) is 4.21 Å². The highest BCUT2D eigenvalue weighted by atomic mass is 32.2. The largest absolute Gasteiger partial charge is 0.494 e. The van der Waals surface area contributed by atoms with E-state index in [0.717, 1.165) is 11.3 Å². The number of nitrogens with one attached hydrogen (secondary N) is 1. The number of thiophene rings is 1. The molecule has 0 aromatic carbocycles. The van der Waals surface area contributed by atoms with E-state index in [0.29, 0.717) is 31.7 Å². The molecule has 1 amide bonds. The van der Waals surface area contributed by atoms with Crippen LogP contribution in [0.4, 0.5) is 5.82 Å². The molecule has 0 radical (unpaired) electrons. The molecular formula is C15H20N4O4S2. The van der Waals surface area contributed by atoms with Crippen LogP contribution in [0.25, 0.3) is 0 Å². The Balaban J connectivity index is 1.82. The minimum absolute atomic E-state index is 0.0820. The van der Waals surface area contributed by atoms with Gasteiger partial charge in [0.25, 0.3) is 10.0 Å². The average Bonchev–Trinajstić information content (AvgIpc) is 3.25. The van der Waals surface area contributed by atoms with Crippen LogP contribution in [0.5, 0.6) is 5.75 Å². The van der Waals surface area contributed by atoms with E-state index in [2.05, 4.69) is 9.82 Å². The summed E-state index contributed by atoms with van der Waals surface area (Å²) < 4.78 is 34.7. The minimum atomic E-state index is -3.83. The normalized spacial score (nSPS) is 18.6. The summed E-state index contributed by atoms with van der Waals surface area (Å²) in [5, 5.41) is 5.82. The van der Waals surface area contributed by atoms with Gasteiger partial charge in [-0.1, -0.05) is 0 Å². The number of sulfonamides is 1. The molecule has 2 aromatic rings. The standard InChI is InChI=1S/C15H20N4O4S2/c1-3-19-13(6-8-16-19)18-9-4-5-11(14(18)20)17-25(21,22)15-12(23-2)7-10-24-15/h6-8,10-11,17H,3-5,9H2,1-2H3/t11-/m1/s1. The first-order chi connectivity index (χ1) is 12.0. The zero-order chi connectivity index (χ0) is 18.0. The first kappa shape index (κ1) is 17.9. The van der Waals surface area contributed by atoms with Crippen molar-refractivity contribution in [2.45, 2.75) is 36.6 Å². The zero-order valence-electron chi connectivity index (χ0n) is 14.0. The number of aromatic nitrogens is 2. The van der Waals surface area contributed by atoms with Crippen LogP contribution in [-0.4, -0.2) is 43.8 Å². The molecule has 0 saturated carbocycles. The van der Waals surface area contributed by atoms with Crippen LogP contribution in [0.2, 0.25) is 0 Å². The summed E-state index contributed by atoms with van der Waals surface area (Å²) in [6.07, 6.45) is 2.80. The number of carbonyl (C=O) groups excluding carboxylic acids is 1. The van der Waals surface area contributed by atoms with Gasteiger partial charge in [0.1, 0.15) is 17.6 Å². The lowest BCUT2D eigenvalue weighted by atomic mass is 10.1. The Bertz CT molecular complexity index is 859. The maximum Gasteiger partial charge on any atom is 0.254 e. The maximum atomic E-state index is 12.8. The molecule has 0 aliphatic carbocycles. The number of anilines is 1. The zero-order valence-corrected chi connectivity index (χ0v) is 15.6. The highest BCUT2D eigenvalue weighted by molar-refractivity contribution is 7.91. The molecule has 10 heteroatoms. The van der Waals surface area contributed by atoms with E-state index in [1.807, 2.05) is 6.92 Å². The molecule has 1 saturated heterocycles. The van der Waals surface area contributed by atoms with Crippen LogP contribution in [0.15, 0.2) is 27.9 Å². The molecule has 0 bridgehead atoms. The number of amides is 1. The van der Waals surface area contributed by atoms with Crippen LogP contribution >= 0.6 is 11.3 Å². The van der Waals surface area contributed by atoms with E-state index in [1.165, 1.54) is 7.11 Å². The lowest BCUT2D eigenvalue weighted by molar-refractivity contribution is -0.121. The SMILES string of the molecule is CCn1nccc1N1CCC[C@@H](NS(=O)(=O)c2sccc2OC)C1=O. The van der Waals surface area contributed by atoms with Crippen molar-refractivity contribution in [3.8, 4) is 5.75 Å². The summed E-state index contributed by atoms with van der Waals surface area (Å²) in [5.41, 5.74) is 0. The summed E-state index contributed by atoms with van der Waals surface area (Å²) in [6.45, 7) is 3.12. The van der Waals surface area contributed by atoms with E-state index >= 15 is 0 Å². The van der Waals surface area contributed by atoms with Gasteiger partial charge in [0.2, 0.25) is 5.91 Å². The van der Waals surface area contributed by atoms with Gasteiger partial charge >= 0.3 is 0 Å². The quantitative estimate of drug-likeness (QED) is 0.814. The van der Waals surface area contributed by atoms with Crippen LogP contribution < -0.4 is 14.4 Å². The summed E-state index contributed by atoms with van der Waals surface area (Å²) in [5.74, 6) is 0.701. The van der Waals surface area contributed by atoms with Crippen molar-refractivity contribution < 1.29 is 17.9 Å². The molecule has 25 heavy (non-hydrogen) atoms. The van der Waals surface area contributed by atoms with Crippen molar-refractivity contribution in [3.63, 3.8) is 0 Å². The van der Waals surface area contributed by atoms with Gasteiger partial charge in [0, 0.05) is 19.2 Å². The lowest BCUT2D eigenvalue weighted by Crippen LogP contribution is -2.52. The topological polar surface area (TPSA) is 93.5 Å². The molecular weight excluding hydrogens is 364 g/mol. The van der Waals surface area contributed by atoms with Gasteiger partial charge in [-0.25, -0.2) is 13.1 Å². The minimum Gasteiger partial charge on any atom is -0.494 e. The lowest BCUT2D eigenvalue weighted by Gasteiger charge is -2.32. The molecule has 3 rings (SSSR count). The number of nitrogens with zero attached hydrogens (tertiary/aromatic N) is 3. The number of rotatable bonds is 6. The number of ether oxygens (including phenoxy) is 1. The average molecular weight is 384 g/mol. The Morgan fingerprint density at radius 3 is 2.96 bits per heavy atom. The molecule has 1 N–H and O–H groups in total. The van der Waals surface area contributed by atoms with Gasteiger partial charge in [-0.05, 0) is 31.2 Å². The highest BCUT2D eigenvalue weighted by Gasteiger charge is 2.35. The third-order valence-corrected chi connectivity index (χ3v) is 6.98. The van der Waals surface area contributed by atoms with Gasteiger partial charge in [-0.3, -0.25) is 9.69 Å². The molecule has 0 spiro atoms. The second kappa shape index (κ2) is 7.14. The van der Waals surface area contributed by atoms with Crippen LogP contribution in [0.1, 0.15) is 19.8 Å². The van der Waals surface area contributed by atoms with Crippen molar-refractivity contribution in [3.05, 3.63) is 23.7 Å². The number of aryl methyl sites for hydroxylation is 1. The van der Waals surface area contributed by atoms with E-state index in [9.17, 15) is 13.2 Å². The fourth-order valence-corrected chi connectivity index (χ4v) is 5.40. The van der Waals surface area contributed by atoms with Crippen molar-refractivity contribution >= 4 is 33.1 Å². The Morgan fingerprint density at radius 2 is 2.24 bits per heavy atom. The number of hydrogen-bond donors (Lipinski definition) is 1. The molecule has 2 aromatic heterocycles. The molecule has 0 unspecified atom stereocenters. The smallest absolute Gasteiger partial charge is 0.254 e. The van der Waals surface area contributed by atoms with Gasteiger partial charge < -0.3 is 4.74 Å². The van der Waals surface area contributed by atoms with Gasteiger partial charge in [-0.15, -0.1) is 11.3 Å². The van der Waals surface area contributed by atoms with Crippen LogP contribution in [0.3, 0.4) is 0 Å². The second-order valence-electron chi connectivity index (χ2n) is 5.59. The summed E-state index contributed by atoms with van der Waals surface area (Å²) in [7, 11) is -2.41. The fourth-order valence-electron chi connectivity index (χ4n) is 2.88. The predicted molar refractivity (Wildman–Crippen MR) is 94.5 cm³/mol. The van der Waals surface area contributed by atoms with Crippen molar-refractivity contribution in [1.82, 2.24) is 14.5 Å². The molecule has 8 nitrogen and oxygen atoms in total. The number of methoxy groups -OCH3 is 1. The number of carbonyl (C=O) groups is 1. The van der Waals surface area contributed by atoms with Crippen LogP contribution in [0, 0.1) is 0 Å². The Kier molecular flexibility index (Phi) is 5.11. The first-order valence-electron chi connectivity index (χ1n) is 7.95. The molecule has 136 valence electrons. The van der Waals surface area contributed by atoms with Crippen molar-refractivity contribution in [2.24, 2.45) is 0 Å². The fraction of sp³-hybridized carbons (Fsp3) is 0.467. The molecule has 1 aliphatic rings. The van der Waals surface area contributed by atoms with E-state index in [4.69, 9.17) is 4.74 Å². The van der Waals surface area contributed by atoms with E-state index in [-0.39, 0.29) is 15.9 Å². The van der Waals surface area contributed by atoms with E-state index < -0.39 is 16.1 Å². The summed E-state index contributed by atoms with van der Waals surface area (Å²) >= 11 is 1.06. The number of hydrogen-bond acceptors (Lipinski definition) is 6. The molecule has 3 heterocycles. The summed E-state index contributed by atoms with van der Waals surface area (Å²) in [6, 6.07) is 2.56. The third-order valence-electron chi connectivity index (χ3n) is 4.07. The summed E-state index contributed by atoms with van der Waals surface area (Å²) in [4.78, 5) is 14.4. The van der Waals surface area contributed by atoms with E-state index in [1.54, 1.807) is 33.3 Å². The second-order valence-corrected chi connectivity index (χ2v) is 8.41. The monoisotopic (exact) mass is 384 g/mol. The van der Waals surface area contributed by atoms with Gasteiger partial charge in [0.05, 0.1) is 13.3 Å². The van der Waals surface area contributed by atoms with Crippen LogP contribution in [-0.2, 0) is 21.4 Å². The third kappa shape index (κ3) is 3.42. The molecule has 1 fully saturated rings. The number of piperidine rings is 1. The Labute approximate surface area is 150 Å². The molecule has 1 atom stereocenters. The Morgan fingerprint density at radius 1 is 1.44 bits per heavy atom. The Hall–Kier alpha value is -1.91. The van der Waals surface area contributed by atoms with Crippen molar-refractivity contribution in [1.29, 1.82) is 0 Å².